The lowest BCUT2D eigenvalue weighted by atomic mass is 9.73. The van der Waals surface area contributed by atoms with E-state index < -0.39 is 5.41 Å². The van der Waals surface area contributed by atoms with Gasteiger partial charge in [0.2, 0.25) is 5.91 Å². The Morgan fingerprint density at radius 2 is 1.78 bits per heavy atom. The van der Waals surface area contributed by atoms with Gasteiger partial charge in [-0.05, 0) is 69.5 Å². The smallest absolute Gasteiger partial charge is 0.409 e. The van der Waals surface area contributed by atoms with E-state index in [9.17, 15) is 14.0 Å². The van der Waals surface area contributed by atoms with Crippen LogP contribution in [0.1, 0.15) is 58.9 Å². The quantitative estimate of drug-likeness (QED) is 0.686. The molecule has 7 heteroatoms. The molecule has 0 atom stereocenters. The van der Waals surface area contributed by atoms with Crippen molar-refractivity contribution in [3.05, 3.63) is 29.6 Å². The molecule has 0 N–H and O–H groups in total. The maximum absolute atomic E-state index is 14.2. The average Bonchev–Trinajstić information content (AvgIpc) is 3.06. The van der Waals surface area contributed by atoms with E-state index >= 15 is 0 Å². The van der Waals surface area contributed by atoms with Crippen LogP contribution < -0.4 is 4.90 Å². The highest BCUT2D eigenvalue weighted by Crippen LogP contribution is 2.48. The molecule has 0 bridgehead atoms. The zero-order chi connectivity index (χ0) is 23.1. The van der Waals surface area contributed by atoms with Gasteiger partial charge in [-0.2, -0.15) is 0 Å². The Balaban J connectivity index is 1.45. The molecule has 176 valence electrons. The molecule has 32 heavy (non-hydrogen) atoms. The minimum Gasteiger partial charge on any atom is -0.450 e. The van der Waals surface area contributed by atoms with Gasteiger partial charge in [0.1, 0.15) is 5.82 Å². The Hall–Kier alpha value is -2.15. The Kier molecular flexibility index (Phi) is 6.23. The zero-order valence-corrected chi connectivity index (χ0v) is 19.8. The molecular formula is C25H36FN3O3. The summed E-state index contributed by atoms with van der Waals surface area (Å²) in [6.07, 6.45) is 3.51. The molecule has 2 amide bonds. The standard InChI is InChI=1S/C25H36FN3O3/c1-5-32-23(31)28-12-8-19(9-13-28)27-14-10-25(11-15-27)17-29(22(30)24(2,3)4)21-7-6-18(26)16-20(21)25/h6-7,16,19H,5,8-15,17H2,1-4H3. The third-order valence-corrected chi connectivity index (χ3v) is 7.43. The molecule has 1 aromatic carbocycles. The molecule has 6 nitrogen and oxygen atoms in total. The Bertz CT molecular complexity index is 866. The first kappa shape index (κ1) is 23.0. The van der Waals surface area contributed by atoms with Gasteiger partial charge in [0, 0.05) is 42.2 Å². The lowest BCUT2D eigenvalue weighted by Gasteiger charge is -2.45. The lowest BCUT2D eigenvalue weighted by Crippen LogP contribution is -2.53. The molecule has 2 saturated heterocycles. The van der Waals surface area contributed by atoms with Gasteiger partial charge in [-0.15, -0.1) is 0 Å². The van der Waals surface area contributed by atoms with Gasteiger partial charge in [0.25, 0.3) is 0 Å². The van der Waals surface area contributed by atoms with E-state index in [0.29, 0.717) is 19.2 Å². The number of benzene rings is 1. The van der Waals surface area contributed by atoms with Crippen molar-refractivity contribution >= 4 is 17.7 Å². The van der Waals surface area contributed by atoms with Gasteiger partial charge >= 0.3 is 6.09 Å². The van der Waals surface area contributed by atoms with Crippen molar-refractivity contribution in [2.24, 2.45) is 5.41 Å². The largest absolute Gasteiger partial charge is 0.450 e. The molecule has 0 unspecified atom stereocenters. The first-order valence-corrected chi connectivity index (χ1v) is 11.9. The molecule has 1 aromatic rings. The number of rotatable bonds is 2. The van der Waals surface area contributed by atoms with Crippen LogP contribution in [0.5, 0.6) is 0 Å². The molecule has 0 aromatic heterocycles. The summed E-state index contributed by atoms with van der Waals surface area (Å²) in [6, 6.07) is 5.35. The summed E-state index contributed by atoms with van der Waals surface area (Å²) in [7, 11) is 0. The molecule has 3 heterocycles. The van der Waals surface area contributed by atoms with Crippen LogP contribution >= 0.6 is 0 Å². The second-order valence-electron chi connectivity index (χ2n) is 10.5. The number of hydrogen-bond donors (Lipinski definition) is 0. The minimum absolute atomic E-state index is 0.0935. The average molecular weight is 446 g/mol. The van der Waals surface area contributed by atoms with E-state index in [1.807, 2.05) is 32.6 Å². The number of hydrogen-bond acceptors (Lipinski definition) is 4. The van der Waals surface area contributed by atoms with E-state index in [1.165, 1.54) is 6.07 Å². The van der Waals surface area contributed by atoms with Crippen LogP contribution in [0.2, 0.25) is 0 Å². The van der Waals surface area contributed by atoms with Crippen molar-refractivity contribution in [3.63, 3.8) is 0 Å². The van der Waals surface area contributed by atoms with Gasteiger partial charge in [0.15, 0.2) is 0 Å². The van der Waals surface area contributed by atoms with Crippen molar-refractivity contribution in [2.75, 3.05) is 44.2 Å². The van der Waals surface area contributed by atoms with E-state index in [1.54, 1.807) is 17.0 Å². The van der Waals surface area contributed by atoms with Crippen LogP contribution in [0.15, 0.2) is 18.2 Å². The predicted octanol–water partition coefficient (Wildman–Crippen LogP) is 4.17. The summed E-state index contributed by atoms with van der Waals surface area (Å²) in [4.78, 5) is 31.4. The maximum Gasteiger partial charge on any atom is 0.409 e. The maximum atomic E-state index is 14.2. The summed E-state index contributed by atoms with van der Waals surface area (Å²) in [5, 5.41) is 0. The number of amides is 2. The fourth-order valence-electron chi connectivity index (χ4n) is 5.60. The number of halogens is 1. The van der Waals surface area contributed by atoms with E-state index in [4.69, 9.17) is 4.74 Å². The fourth-order valence-corrected chi connectivity index (χ4v) is 5.60. The summed E-state index contributed by atoms with van der Waals surface area (Å²) >= 11 is 0. The number of piperidine rings is 2. The highest BCUT2D eigenvalue weighted by molar-refractivity contribution is 5.99. The highest BCUT2D eigenvalue weighted by Gasteiger charge is 2.48. The monoisotopic (exact) mass is 445 g/mol. The first-order valence-electron chi connectivity index (χ1n) is 11.9. The number of carbonyl (C=O) groups is 2. The second-order valence-corrected chi connectivity index (χ2v) is 10.5. The van der Waals surface area contributed by atoms with E-state index in [-0.39, 0.29) is 23.2 Å². The third kappa shape index (κ3) is 4.24. The van der Waals surface area contributed by atoms with Crippen LogP contribution in [0.4, 0.5) is 14.9 Å². The van der Waals surface area contributed by atoms with Gasteiger partial charge < -0.3 is 19.4 Å². The number of anilines is 1. The van der Waals surface area contributed by atoms with Crippen LogP contribution in [0.3, 0.4) is 0 Å². The molecule has 0 saturated carbocycles. The number of ether oxygens (including phenoxy) is 1. The van der Waals surface area contributed by atoms with Crippen LogP contribution in [-0.2, 0) is 14.9 Å². The fraction of sp³-hybridized carbons (Fsp3) is 0.680. The summed E-state index contributed by atoms with van der Waals surface area (Å²) in [5.41, 5.74) is 1.21. The third-order valence-electron chi connectivity index (χ3n) is 7.43. The van der Waals surface area contributed by atoms with Gasteiger partial charge in [-0.1, -0.05) is 20.8 Å². The molecule has 1 spiro atoms. The summed E-state index contributed by atoms with van der Waals surface area (Å²) in [6.45, 7) is 12.0. The van der Waals surface area contributed by atoms with Crippen molar-refractivity contribution in [3.8, 4) is 0 Å². The second kappa shape index (κ2) is 8.65. The van der Waals surface area contributed by atoms with Crippen molar-refractivity contribution < 1.29 is 18.7 Å². The summed E-state index contributed by atoms with van der Waals surface area (Å²) < 4.78 is 19.4. The van der Waals surface area contributed by atoms with Crippen LogP contribution in [0, 0.1) is 11.2 Å². The molecule has 0 aliphatic carbocycles. The van der Waals surface area contributed by atoms with Crippen LogP contribution in [-0.4, -0.2) is 67.2 Å². The van der Waals surface area contributed by atoms with E-state index in [0.717, 1.165) is 63.1 Å². The Morgan fingerprint density at radius 1 is 1.12 bits per heavy atom. The number of nitrogens with zero attached hydrogens (tertiary/aromatic N) is 3. The SMILES string of the molecule is CCOC(=O)N1CCC(N2CCC3(CC2)CN(C(=O)C(C)(C)C)c2ccc(F)cc23)CC1. The predicted molar refractivity (Wildman–Crippen MR) is 122 cm³/mol. The van der Waals surface area contributed by atoms with E-state index in [2.05, 4.69) is 4.90 Å². The molecular weight excluding hydrogens is 409 g/mol. The van der Waals surface area contributed by atoms with Crippen molar-refractivity contribution in [1.82, 2.24) is 9.80 Å². The Morgan fingerprint density at radius 3 is 2.38 bits per heavy atom. The summed E-state index contributed by atoms with van der Waals surface area (Å²) in [5.74, 6) is -0.141. The number of fused-ring (bicyclic) bond motifs is 2. The molecule has 3 aliphatic heterocycles. The van der Waals surface area contributed by atoms with Crippen LogP contribution in [0.25, 0.3) is 0 Å². The van der Waals surface area contributed by atoms with Crippen molar-refractivity contribution in [2.45, 2.75) is 64.8 Å². The van der Waals surface area contributed by atoms with Gasteiger partial charge in [0.05, 0.1) is 6.61 Å². The normalized spacial score (nSPS) is 21.7. The number of carbonyl (C=O) groups excluding carboxylic acids is 2. The number of likely N-dealkylation sites (tertiary alicyclic amines) is 2. The Labute approximate surface area is 190 Å². The topological polar surface area (TPSA) is 53.1 Å². The van der Waals surface area contributed by atoms with Gasteiger partial charge in [-0.3, -0.25) is 4.79 Å². The zero-order valence-electron chi connectivity index (χ0n) is 19.8. The van der Waals surface area contributed by atoms with Gasteiger partial charge in [-0.25, -0.2) is 9.18 Å². The highest BCUT2D eigenvalue weighted by atomic mass is 19.1. The molecule has 4 rings (SSSR count). The first-order chi connectivity index (χ1) is 15.1. The molecule has 0 radical (unpaired) electrons. The molecule has 3 aliphatic rings. The lowest BCUT2D eigenvalue weighted by molar-refractivity contribution is -0.125. The molecule has 2 fully saturated rings. The minimum atomic E-state index is -0.481. The van der Waals surface area contributed by atoms with Crippen molar-refractivity contribution in [1.29, 1.82) is 0 Å².